The topological polar surface area (TPSA) is 73.6 Å². The second-order valence-electron chi connectivity index (χ2n) is 6.16. The summed E-state index contributed by atoms with van der Waals surface area (Å²) in [5.41, 5.74) is 2.46. The third-order valence-electron chi connectivity index (χ3n) is 4.31. The van der Waals surface area contributed by atoms with Crippen LogP contribution in [0.2, 0.25) is 4.34 Å². The predicted molar refractivity (Wildman–Crippen MR) is 105 cm³/mol. The van der Waals surface area contributed by atoms with Gasteiger partial charge in [-0.1, -0.05) is 23.7 Å². The van der Waals surface area contributed by atoms with Crippen molar-refractivity contribution in [2.24, 2.45) is 0 Å². The number of rotatable bonds is 6. The van der Waals surface area contributed by atoms with Crippen LogP contribution in [0, 0.1) is 13.8 Å². The van der Waals surface area contributed by atoms with Crippen LogP contribution < -0.4 is 5.63 Å². The first kappa shape index (κ1) is 19.3. The number of fused-ring (bicyclic) bond motifs is 1. The molecule has 0 spiro atoms. The molecule has 27 heavy (non-hydrogen) atoms. The number of hydrogen-bond donors (Lipinski definition) is 0. The minimum Gasteiger partial charge on any atom is -0.461 e. The summed E-state index contributed by atoms with van der Waals surface area (Å²) in [4.78, 5) is 36.4. The van der Waals surface area contributed by atoms with Gasteiger partial charge in [-0.3, -0.25) is 9.59 Å². The standard InChI is InChI=1S/C20H17ClO5S/c1-11-3-4-14-13(9-19(24)26-20(14)12(11)2)10-25-18(23)8-5-15(22)16-6-7-17(21)27-16/h3-4,6-7,9H,5,8,10H2,1-2H3. The first-order valence-corrected chi connectivity index (χ1v) is 9.51. The number of thiophene rings is 1. The van der Waals surface area contributed by atoms with Crippen molar-refractivity contribution in [3.8, 4) is 0 Å². The molecule has 0 radical (unpaired) electrons. The molecule has 0 N–H and O–H groups in total. The maximum atomic E-state index is 12.0. The monoisotopic (exact) mass is 404 g/mol. The number of esters is 1. The van der Waals surface area contributed by atoms with Crippen LogP contribution >= 0.6 is 22.9 Å². The normalized spacial score (nSPS) is 10.9. The molecule has 1 aromatic carbocycles. The van der Waals surface area contributed by atoms with Gasteiger partial charge in [-0.25, -0.2) is 4.79 Å². The minimum absolute atomic E-state index is 0.0359. The van der Waals surface area contributed by atoms with Crippen LogP contribution in [0.15, 0.2) is 39.5 Å². The van der Waals surface area contributed by atoms with Crippen LogP contribution in [0.4, 0.5) is 0 Å². The lowest BCUT2D eigenvalue weighted by molar-refractivity contribution is -0.144. The Bertz CT molecular complexity index is 1080. The maximum absolute atomic E-state index is 12.0. The molecule has 3 aromatic rings. The van der Waals surface area contributed by atoms with Gasteiger partial charge in [-0.15, -0.1) is 11.3 Å². The van der Waals surface area contributed by atoms with E-state index in [1.165, 1.54) is 17.4 Å². The van der Waals surface area contributed by atoms with E-state index in [0.29, 0.717) is 20.4 Å². The number of carbonyl (C=O) groups excluding carboxylic acids is 2. The van der Waals surface area contributed by atoms with Gasteiger partial charge in [-0.05, 0) is 37.1 Å². The van der Waals surface area contributed by atoms with Gasteiger partial charge in [-0.2, -0.15) is 0 Å². The average molecular weight is 405 g/mol. The smallest absolute Gasteiger partial charge is 0.336 e. The highest BCUT2D eigenvalue weighted by molar-refractivity contribution is 7.18. The van der Waals surface area contributed by atoms with Gasteiger partial charge in [0.2, 0.25) is 0 Å². The highest BCUT2D eigenvalue weighted by Gasteiger charge is 2.14. The molecule has 0 aliphatic carbocycles. The fourth-order valence-corrected chi connectivity index (χ4v) is 3.69. The van der Waals surface area contributed by atoms with Crippen molar-refractivity contribution in [3.05, 3.63) is 66.7 Å². The average Bonchev–Trinajstić information content (AvgIpc) is 3.07. The van der Waals surface area contributed by atoms with Crippen molar-refractivity contribution in [1.29, 1.82) is 0 Å². The molecule has 3 rings (SSSR count). The molecule has 0 unspecified atom stereocenters. The van der Waals surface area contributed by atoms with Crippen molar-refractivity contribution in [2.45, 2.75) is 33.3 Å². The van der Waals surface area contributed by atoms with Crippen LogP contribution in [0.3, 0.4) is 0 Å². The second-order valence-corrected chi connectivity index (χ2v) is 7.88. The third kappa shape index (κ3) is 4.46. The van der Waals surface area contributed by atoms with E-state index in [-0.39, 0.29) is 25.2 Å². The Morgan fingerprint density at radius 3 is 2.63 bits per heavy atom. The number of ether oxygens (including phenoxy) is 1. The minimum atomic E-state index is -0.503. The zero-order valence-corrected chi connectivity index (χ0v) is 16.4. The molecule has 0 bridgehead atoms. The summed E-state index contributed by atoms with van der Waals surface area (Å²) in [5, 5.41) is 0.731. The molecule has 0 aliphatic heterocycles. The summed E-state index contributed by atoms with van der Waals surface area (Å²) in [6.07, 6.45) is 0.0114. The summed E-state index contributed by atoms with van der Waals surface area (Å²) in [5.74, 6) is -0.656. The van der Waals surface area contributed by atoms with E-state index in [2.05, 4.69) is 0 Å². The number of Topliss-reactive ketones (excluding diaryl/α,β-unsaturated/α-hetero) is 1. The highest BCUT2D eigenvalue weighted by atomic mass is 35.5. The number of aryl methyl sites for hydroxylation is 2. The number of ketones is 1. The number of hydrogen-bond acceptors (Lipinski definition) is 6. The Hall–Kier alpha value is -2.44. The third-order valence-corrected chi connectivity index (χ3v) is 5.58. The largest absolute Gasteiger partial charge is 0.461 e. The van der Waals surface area contributed by atoms with Crippen molar-refractivity contribution >= 4 is 45.7 Å². The van der Waals surface area contributed by atoms with Crippen LogP contribution in [0.1, 0.15) is 39.2 Å². The number of halogens is 1. The van der Waals surface area contributed by atoms with Gasteiger partial charge in [0.25, 0.3) is 0 Å². The van der Waals surface area contributed by atoms with Gasteiger partial charge in [0.05, 0.1) is 15.6 Å². The van der Waals surface area contributed by atoms with E-state index >= 15 is 0 Å². The van der Waals surface area contributed by atoms with E-state index in [1.807, 2.05) is 26.0 Å². The van der Waals surface area contributed by atoms with Crippen LogP contribution in [-0.4, -0.2) is 11.8 Å². The molecular formula is C20H17ClO5S. The van der Waals surface area contributed by atoms with Crippen LogP contribution in [0.5, 0.6) is 0 Å². The van der Waals surface area contributed by atoms with Gasteiger partial charge >= 0.3 is 11.6 Å². The first-order chi connectivity index (χ1) is 12.8. The summed E-state index contributed by atoms with van der Waals surface area (Å²) < 4.78 is 11.1. The maximum Gasteiger partial charge on any atom is 0.336 e. The van der Waals surface area contributed by atoms with Gasteiger partial charge in [0.1, 0.15) is 12.2 Å². The van der Waals surface area contributed by atoms with E-state index in [4.69, 9.17) is 20.8 Å². The quantitative estimate of drug-likeness (QED) is 0.334. The molecule has 7 heteroatoms. The van der Waals surface area contributed by atoms with E-state index in [9.17, 15) is 14.4 Å². The molecule has 140 valence electrons. The highest BCUT2D eigenvalue weighted by Crippen LogP contribution is 2.24. The molecular weight excluding hydrogens is 388 g/mol. The molecule has 0 fully saturated rings. The molecule has 2 aromatic heterocycles. The predicted octanol–water partition coefficient (Wildman–Crippen LogP) is 4.83. The Morgan fingerprint density at radius 2 is 1.93 bits per heavy atom. The molecule has 2 heterocycles. The number of carbonyl (C=O) groups is 2. The van der Waals surface area contributed by atoms with Crippen LogP contribution in [0.25, 0.3) is 11.0 Å². The lowest BCUT2D eigenvalue weighted by Gasteiger charge is -2.09. The second kappa shape index (κ2) is 8.06. The summed E-state index contributed by atoms with van der Waals surface area (Å²) in [6, 6.07) is 8.37. The molecule has 0 saturated heterocycles. The molecule has 5 nitrogen and oxygen atoms in total. The van der Waals surface area contributed by atoms with Gasteiger partial charge in [0, 0.05) is 23.4 Å². The molecule has 0 saturated carbocycles. The fourth-order valence-electron chi connectivity index (χ4n) is 2.68. The molecule has 0 amide bonds. The van der Waals surface area contributed by atoms with E-state index < -0.39 is 11.6 Å². The zero-order chi connectivity index (χ0) is 19.6. The SMILES string of the molecule is Cc1ccc2c(COC(=O)CCC(=O)c3ccc(Cl)s3)cc(=O)oc2c1C. The number of benzene rings is 1. The van der Waals surface area contributed by atoms with E-state index in [0.717, 1.165) is 16.5 Å². The Balaban J connectivity index is 1.66. The van der Waals surface area contributed by atoms with Gasteiger partial charge in [0.15, 0.2) is 5.78 Å². The Labute approximate surface area is 164 Å². The molecule has 0 aliphatic rings. The first-order valence-electron chi connectivity index (χ1n) is 8.32. The van der Waals surface area contributed by atoms with Gasteiger partial charge < -0.3 is 9.15 Å². The fraction of sp³-hybridized carbons (Fsp3) is 0.250. The molecule has 0 atom stereocenters. The lowest BCUT2D eigenvalue weighted by Crippen LogP contribution is -2.09. The van der Waals surface area contributed by atoms with E-state index in [1.54, 1.807) is 12.1 Å². The summed E-state index contributed by atoms with van der Waals surface area (Å²) in [6.45, 7) is 3.75. The van der Waals surface area contributed by atoms with Crippen LogP contribution in [-0.2, 0) is 16.1 Å². The van der Waals surface area contributed by atoms with Crippen molar-refractivity contribution in [3.63, 3.8) is 0 Å². The zero-order valence-electron chi connectivity index (χ0n) is 14.8. The van der Waals surface area contributed by atoms with Crippen molar-refractivity contribution in [1.82, 2.24) is 0 Å². The lowest BCUT2D eigenvalue weighted by atomic mass is 10.0. The summed E-state index contributed by atoms with van der Waals surface area (Å²) >= 11 is 6.99. The Kier molecular flexibility index (Phi) is 5.77. The van der Waals surface area contributed by atoms with Crippen molar-refractivity contribution in [2.75, 3.05) is 0 Å². The summed E-state index contributed by atoms with van der Waals surface area (Å²) in [7, 11) is 0. The Morgan fingerprint density at radius 1 is 1.15 bits per heavy atom. The van der Waals surface area contributed by atoms with Crippen molar-refractivity contribution < 1.29 is 18.7 Å².